The smallest absolute Gasteiger partial charge is 0.257 e. The van der Waals surface area contributed by atoms with E-state index in [0.29, 0.717) is 36.0 Å². The number of Topliss-reactive ketones (excluding diaryl/α,β-unsaturated/α-hetero) is 1. The van der Waals surface area contributed by atoms with E-state index in [1.807, 2.05) is 37.3 Å². The molecule has 0 atom stereocenters. The molecule has 1 aliphatic rings. The highest BCUT2D eigenvalue weighted by molar-refractivity contribution is 5.87. The monoisotopic (exact) mass is 489 g/mol. The van der Waals surface area contributed by atoms with Gasteiger partial charge in [-0.15, -0.1) is 0 Å². The molecule has 5 rings (SSSR count). The molecule has 0 radical (unpaired) electrons. The highest BCUT2D eigenvalue weighted by Gasteiger charge is 2.19. The predicted octanol–water partition coefficient (Wildman–Crippen LogP) is 3.33. The van der Waals surface area contributed by atoms with Crippen molar-refractivity contribution in [2.45, 2.75) is 13.8 Å². The van der Waals surface area contributed by atoms with Crippen molar-refractivity contribution in [3.8, 4) is 17.4 Å². The second-order valence-electron chi connectivity index (χ2n) is 9.10. The van der Waals surface area contributed by atoms with Crippen molar-refractivity contribution in [2.24, 2.45) is 0 Å². The molecule has 0 spiro atoms. The Labute approximate surface area is 210 Å². The fourth-order valence-electron chi connectivity index (χ4n) is 4.63. The van der Waals surface area contributed by atoms with Crippen LogP contribution in [0.4, 0.5) is 0 Å². The van der Waals surface area contributed by atoms with Crippen molar-refractivity contribution in [1.29, 1.82) is 0 Å². The first-order valence-electron chi connectivity index (χ1n) is 12.2. The van der Waals surface area contributed by atoms with E-state index in [0.717, 1.165) is 54.7 Å². The van der Waals surface area contributed by atoms with Gasteiger partial charge in [-0.25, -0.2) is 4.98 Å². The van der Waals surface area contributed by atoms with Gasteiger partial charge in [-0.1, -0.05) is 18.2 Å². The third kappa shape index (κ3) is 5.12. The summed E-state index contributed by atoms with van der Waals surface area (Å²) in [7, 11) is 1.62. The number of fused-ring (bicyclic) bond motifs is 2. The van der Waals surface area contributed by atoms with Gasteiger partial charge in [-0.2, -0.15) is 9.71 Å². The highest BCUT2D eigenvalue weighted by atomic mass is 16.7. The standard InChI is InChI=1S/C27H31N5O4/c1-19-14-21-6-4-5-7-24(21)32(19)36-27-22-15-25(34-3)26(16-23(22)28-18-29-27)35-13-12-30-8-10-31(11-9-30)17-20(2)33/h4-7,14-16,18H,8-13,17H2,1-3H3. The zero-order chi connectivity index (χ0) is 25.1. The van der Waals surface area contributed by atoms with Gasteiger partial charge >= 0.3 is 0 Å². The van der Waals surface area contributed by atoms with Crippen LogP contribution in [0.5, 0.6) is 17.4 Å². The number of para-hydroxylation sites is 1. The van der Waals surface area contributed by atoms with Gasteiger partial charge < -0.3 is 14.3 Å². The normalized spacial score (nSPS) is 14.9. The first-order chi connectivity index (χ1) is 17.5. The van der Waals surface area contributed by atoms with Crippen molar-refractivity contribution in [1.82, 2.24) is 24.5 Å². The third-order valence-corrected chi connectivity index (χ3v) is 6.48. The second-order valence-corrected chi connectivity index (χ2v) is 9.10. The van der Waals surface area contributed by atoms with Gasteiger partial charge in [-0.3, -0.25) is 14.6 Å². The number of hydrogen-bond donors (Lipinski definition) is 0. The molecule has 4 aromatic rings. The lowest BCUT2D eigenvalue weighted by atomic mass is 10.2. The summed E-state index contributed by atoms with van der Waals surface area (Å²) in [6, 6.07) is 13.9. The van der Waals surface area contributed by atoms with Crippen LogP contribution in [-0.4, -0.2) is 83.3 Å². The number of ketones is 1. The Bertz CT molecular complexity index is 1380. The summed E-state index contributed by atoms with van der Waals surface area (Å²) in [4.78, 5) is 31.0. The SMILES string of the molecule is COc1cc2c(On3c(C)cc4ccccc43)ncnc2cc1OCCN1CCN(CC(C)=O)CC1. The molecule has 2 aromatic carbocycles. The topological polar surface area (TPSA) is 82.0 Å². The average molecular weight is 490 g/mol. The molecule has 0 bridgehead atoms. The number of carbonyl (C=O) groups excluding carboxylic acids is 1. The number of piperazine rings is 1. The van der Waals surface area contributed by atoms with Crippen molar-refractivity contribution in [2.75, 3.05) is 53.0 Å². The first-order valence-corrected chi connectivity index (χ1v) is 12.2. The van der Waals surface area contributed by atoms with Crippen LogP contribution in [0, 0.1) is 6.92 Å². The molecule has 9 heteroatoms. The fourth-order valence-corrected chi connectivity index (χ4v) is 4.63. The minimum absolute atomic E-state index is 0.212. The van der Waals surface area contributed by atoms with Gasteiger partial charge in [0, 0.05) is 44.2 Å². The molecule has 0 N–H and O–H groups in total. The Balaban J connectivity index is 1.30. The van der Waals surface area contributed by atoms with Crippen LogP contribution >= 0.6 is 0 Å². The van der Waals surface area contributed by atoms with Crippen LogP contribution in [0.2, 0.25) is 0 Å². The third-order valence-electron chi connectivity index (χ3n) is 6.48. The fraction of sp³-hybridized carbons (Fsp3) is 0.370. The lowest BCUT2D eigenvalue weighted by molar-refractivity contribution is -0.118. The summed E-state index contributed by atoms with van der Waals surface area (Å²) in [6.45, 7) is 9.14. The van der Waals surface area contributed by atoms with E-state index in [9.17, 15) is 4.79 Å². The number of aryl methyl sites for hydroxylation is 1. The van der Waals surface area contributed by atoms with Crippen molar-refractivity contribution < 1.29 is 19.1 Å². The Morgan fingerprint density at radius 2 is 1.78 bits per heavy atom. The van der Waals surface area contributed by atoms with Crippen molar-refractivity contribution in [3.63, 3.8) is 0 Å². The van der Waals surface area contributed by atoms with E-state index < -0.39 is 0 Å². The number of hydrogen-bond acceptors (Lipinski definition) is 8. The molecule has 188 valence electrons. The van der Waals surface area contributed by atoms with E-state index in [4.69, 9.17) is 14.3 Å². The van der Waals surface area contributed by atoms with E-state index in [-0.39, 0.29) is 5.78 Å². The number of benzene rings is 2. The molecule has 0 unspecified atom stereocenters. The number of rotatable bonds is 9. The Morgan fingerprint density at radius 3 is 2.56 bits per heavy atom. The molecular formula is C27H31N5O4. The molecule has 1 fully saturated rings. The van der Waals surface area contributed by atoms with Gasteiger partial charge in [0.1, 0.15) is 18.7 Å². The Morgan fingerprint density at radius 1 is 1.00 bits per heavy atom. The molecule has 3 heterocycles. The van der Waals surface area contributed by atoms with Crippen LogP contribution in [0.25, 0.3) is 21.8 Å². The summed E-state index contributed by atoms with van der Waals surface area (Å²) in [5, 5.41) is 1.84. The summed E-state index contributed by atoms with van der Waals surface area (Å²) in [6.07, 6.45) is 1.50. The first kappa shape index (κ1) is 24.0. The minimum Gasteiger partial charge on any atom is -0.493 e. The molecule has 2 aromatic heterocycles. The van der Waals surface area contributed by atoms with Crippen LogP contribution in [0.3, 0.4) is 0 Å². The summed E-state index contributed by atoms with van der Waals surface area (Å²) in [5.74, 6) is 1.89. The van der Waals surface area contributed by atoms with Gasteiger partial charge in [0.2, 0.25) is 0 Å². The van der Waals surface area contributed by atoms with E-state index in [2.05, 4.69) is 31.9 Å². The zero-order valence-electron chi connectivity index (χ0n) is 20.9. The van der Waals surface area contributed by atoms with Gasteiger partial charge in [0.25, 0.3) is 5.88 Å². The number of carbonyl (C=O) groups is 1. The number of aromatic nitrogens is 3. The molecule has 9 nitrogen and oxygen atoms in total. The number of methoxy groups -OCH3 is 1. The highest BCUT2D eigenvalue weighted by Crippen LogP contribution is 2.35. The molecule has 36 heavy (non-hydrogen) atoms. The van der Waals surface area contributed by atoms with Crippen molar-refractivity contribution in [3.05, 3.63) is 54.5 Å². The molecular weight excluding hydrogens is 458 g/mol. The van der Waals surface area contributed by atoms with E-state index in [1.54, 1.807) is 18.8 Å². The van der Waals surface area contributed by atoms with Crippen LogP contribution in [0.1, 0.15) is 12.6 Å². The largest absolute Gasteiger partial charge is 0.493 e. The number of ether oxygens (including phenoxy) is 2. The molecule has 1 saturated heterocycles. The lowest BCUT2D eigenvalue weighted by Crippen LogP contribution is -2.48. The number of nitrogens with zero attached hydrogens (tertiary/aromatic N) is 5. The summed E-state index contributed by atoms with van der Waals surface area (Å²) < 4.78 is 13.5. The van der Waals surface area contributed by atoms with Gasteiger partial charge in [0.15, 0.2) is 11.5 Å². The van der Waals surface area contributed by atoms with Crippen LogP contribution in [-0.2, 0) is 4.79 Å². The lowest BCUT2D eigenvalue weighted by Gasteiger charge is -2.34. The average Bonchev–Trinajstić information content (AvgIpc) is 3.19. The van der Waals surface area contributed by atoms with Gasteiger partial charge in [0.05, 0.1) is 35.8 Å². The maximum Gasteiger partial charge on any atom is 0.257 e. The molecule has 0 saturated carbocycles. The Kier molecular flexibility index (Phi) is 7.02. The van der Waals surface area contributed by atoms with Crippen molar-refractivity contribution >= 4 is 27.6 Å². The van der Waals surface area contributed by atoms with Crippen LogP contribution in [0.15, 0.2) is 48.8 Å². The molecule has 1 aliphatic heterocycles. The van der Waals surface area contributed by atoms with E-state index >= 15 is 0 Å². The predicted molar refractivity (Wildman–Crippen MR) is 138 cm³/mol. The quantitative estimate of drug-likeness (QED) is 0.354. The summed E-state index contributed by atoms with van der Waals surface area (Å²) >= 11 is 0. The second kappa shape index (κ2) is 10.5. The summed E-state index contributed by atoms with van der Waals surface area (Å²) in [5.41, 5.74) is 2.65. The van der Waals surface area contributed by atoms with Gasteiger partial charge in [-0.05, 0) is 32.0 Å². The zero-order valence-corrected chi connectivity index (χ0v) is 20.9. The molecule has 0 aliphatic carbocycles. The van der Waals surface area contributed by atoms with E-state index in [1.165, 1.54) is 6.33 Å². The maximum atomic E-state index is 11.3. The van der Waals surface area contributed by atoms with Crippen LogP contribution < -0.4 is 14.3 Å². The maximum absolute atomic E-state index is 11.3. The Hall–Kier alpha value is -3.69. The molecule has 0 amide bonds. The minimum atomic E-state index is 0.212.